The SMILES string of the molecule is C[C@]1(O)CC[C@H]2[C@@H](CCC3=CC(=O)C=C[C@@]32C)C1CCC(=O)O. The van der Waals surface area contributed by atoms with Gasteiger partial charge in [-0.15, -0.1) is 0 Å². The topological polar surface area (TPSA) is 74.6 Å². The maximum absolute atomic E-state index is 11.7. The predicted molar refractivity (Wildman–Crippen MR) is 86.8 cm³/mol. The standard InChI is InChI=1S/C19H26O4/c1-18-9-7-13(20)11-12(18)3-4-14-15(18)8-10-19(2,23)16(14)5-6-17(21)22/h7,9,11,14-16,23H,3-6,8,10H2,1-2H3,(H,21,22)/t14-,15+,16?,18+,19+/m1/s1. The molecule has 0 aromatic heterocycles. The van der Waals surface area contributed by atoms with Gasteiger partial charge in [-0.3, -0.25) is 9.59 Å². The molecule has 23 heavy (non-hydrogen) atoms. The average molecular weight is 318 g/mol. The molecule has 0 spiro atoms. The number of carboxylic acids is 1. The number of aliphatic hydroxyl groups is 1. The number of rotatable bonds is 3. The quantitative estimate of drug-likeness (QED) is 0.838. The molecule has 1 unspecified atom stereocenters. The number of hydrogen-bond donors (Lipinski definition) is 2. The molecule has 2 fully saturated rings. The van der Waals surface area contributed by atoms with Crippen molar-refractivity contribution in [1.29, 1.82) is 0 Å². The molecule has 126 valence electrons. The highest BCUT2D eigenvalue weighted by Crippen LogP contribution is 2.59. The smallest absolute Gasteiger partial charge is 0.303 e. The molecule has 4 heteroatoms. The third kappa shape index (κ3) is 2.78. The lowest BCUT2D eigenvalue weighted by molar-refractivity contribution is -0.140. The molecule has 3 rings (SSSR count). The van der Waals surface area contributed by atoms with Crippen LogP contribution in [0.25, 0.3) is 0 Å². The number of aliphatic carboxylic acids is 1. The highest BCUT2D eigenvalue weighted by Gasteiger charge is 2.53. The van der Waals surface area contributed by atoms with Crippen molar-refractivity contribution in [3.05, 3.63) is 23.8 Å². The minimum absolute atomic E-state index is 0.0155. The van der Waals surface area contributed by atoms with Crippen LogP contribution in [-0.4, -0.2) is 27.6 Å². The Balaban J connectivity index is 1.90. The van der Waals surface area contributed by atoms with Gasteiger partial charge in [0.1, 0.15) is 0 Å². The van der Waals surface area contributed by atoms with Crippen molar-refractivity contribution >= 4 is 11.8 Å². The van der Waals surface area contributed by atoms with Crippen LogP contribution in [-0.2, 0) is 9.59 Å². The Morgan fingerprint density at radius 2 is 2.09 bits per heavy atom. The summed E-state index contributed by atoms with van der Waals surface area (Å²) in [5.41, 5.74) is 0.307. The number of fused-ring (bicyclic) bond motifs is 3. The second-order valence-corrected chi connectivity index (χ2v) is 7.93. The Hall–Kier alpha value is -1.42. The van der Waals surface area contributed by atoms with Crippen molar-refractivity contribution in [3.63, 3.8) is 0 Å². The first-order valence-electron chi connectivity index (χ1n) is 8.62. The van der Waals surface area contributed by atoms with Gasteiger partial charge >= 0.3 is 5.97 Å². The molecule has 0 amide bonds. The first-order chi connectivity index (χ1) is 10.7. The third-order valence-corrected chi connectivity index (χ3v) is 6.58. The van der Waals surface area contributed by atoms with Gasteiger partial charge in [0, 0.05) is 11.8 Å². The molecular weight excluding hydrogens is 292 g/mol. The van der Waals surface area contributed by atoms with Crippen LogP contribution in [0.3, 0.4) is 0 Å². The van der Waals surface area contributed by atoms with Gasteiger partial charge in [-0.05, 0) is 68.9 Å². The molecule has 2 saturated carbocycles. The third-order valence-electron chi connectivity index (χ3n) is 6.58. The van der Waals surface area contributed by atoms with Crippen LogP contribution in [0.4, 0.5) is 0 Å². The Morgan fingerprint density at radius 1 is 1.35 bits per heavy atom. The summed E-state index contributed by atoms with van der Waals surface area (Å²) in [4.78, 5) is 22.7. The lowest BCUT2D eigenvalue weighted by atomic mass is 9.49. The molecule has 0 aliphatic heterocycles. The van der Waals surface area contributed by atoms with E-state index >= 15 is 0 Å². The molecule has 4 nitrogen and oxygen atoms in total. The summed E-state index contributed by atoms with van der Waals surface area (Å²) in [6, 6.07) is 0. The van der Waals surface area contributed by atoms with Gasteiger partial charge in [0.2, 0.25) is 0 Å². The van der Waals surface area contributed by atoms with E-state index in [2.05, 4.69) is 13.0 Å². The number of hydrogen-bond acceptors (Lipinski definition) is 3. The highest BCUT2D eigenvalue weighted by molar-refractivity contribution is 6.01. The maximum atomic E-state index is 11.7. The van der Waals surface area contributed by atoms with E-state index in [0.29, 0.717) is 24.7 Å². The highest BCUT2D eigenvalue weighted by atomic mass is 16.4. The molecule has 0 bridgehead atoms. The summed E-state index contributed by atoms with van der Waals surface area (Å²) in [6.45, 7) is 4.07. The molecule has 2 N–H and O–H groups in total. The summed E-state index contributed by atoms with van der Waals surface area (Å²) >= 11 is 0. The van der Waals surface area contributed by atoms with Crippen molar-refractivity contribution in [2.75, 3.05) is 0 Å². The molecule has 3 aliphatic carbocycles. The molecule has 0 aromatic carbocycles. The molecule has 5 atom stereocenters. The van der Waals surface area contributed by atoms with E-state index in [1.165, 1.54) is 5.57 Å². The van der Waals surface area contributed by atoms with Crippen LogP contribution >= 0.6 is 0 Å². The lowest BCUT2D eigenvalue weighted by Crippen LogP contribution is -2.52. The fourth-order valence-corrected chi connectivity index (χ4v) is 5.30. The van der Waals surface area contributed by atoms with Crippen molar-refractivity contribution in [2.24, 2.45) is 23.2 Å². The molecular formula is C19H26O4. The Morgan fingerprint density at radius 3 is 2.78 bits per heavy atom. The maximum Gasteiger partial charge on any atom is 0.303 e. The Labute approximate surface area is 137 Å². The van der Waals surface area contributed by atoms with Gasteiger partial charge in [0.05, 0.1) is 5.60 Å². The summed E-state index contributed by atoms with van der Waals surface area (Å²) in [5.74, 6) is -0.0134. The fourth-order valence-electron chi connectivity index (χ4n) is 5.30. The zero-order chi connectivity index (χ0) is 16.8. The summed E-state index contributed by atoms with van der Waals surface area (Å²) in [7, 11) is 0. The van der Waals surface area contributed by atoms with Crippen molar-refractivity contribution in [3.8, 4) is 0 Å². The van der Waals surface area contributed by atoms with Crippen LogP contribution in [0.15, 0.2) is 23.8 Å². The largest absolute Gasteiger partial charge is 0.481 e. The van der Waals surface area contributed by atoms with Crippen LogP contribution in [0.2, 0.25) is 0 Å². The Kier molecular flexibility index (Phi) is 3.99. The van der Waals surface area contributed by atoms with Crippen molar-refractivity contribution < 1.29 is 19.8 Å². The second kappa shape index (κ2) is 5.59. The van der Waals surface area contributed by atoms with E-state index in [1.807, 2.05) is 6.92 Å². The minimum Gasteiger partial charge on any atom is -0.481 e. The first-order valence-corrected chi connectivity index (χ1v) is 8.62. The van der Waals surface area contributed by atoms with E-state index in [0.717, 1.165) is 19.3 Å². The molecule has 0 aromatic rings. The molecule has 0 radical (unpaired) electrons. The van der Waals surface area contributed by atoms with Crippen LogP contribution in [0.5, 0.6) is 0 Å². The van der Waals surface area contributed by atoms with E-state index in [9.17, 15) is 14.7 Å². The van der Waals surface area contributed by atoms with E-state index < -0.39 is 11.6 Å². The second-order valence-electron chi connectivity index (χ2n) is 7.93. The number of allylic oxidation sites excluding steroid dienone is 4. The van der Waals surface area contributed by atoms with E-state index in [-0.39, 0.29) is 23.5 Å². The zero-order valence-electron chi connectivity index (χ0n) is 13.9. The molecule has 3 aliphatic rings. The van der Waals surface area contributed by atoms with Gasteiger partial charge in [0.25, 0.3) is 0 Å². The Bertz CT molecular complexity index is 586. The number of ketones is 1. The average Bonchev–Trinajstić information content (AvgIpc) is 2.46. The summed E-state index contributed by atoms with van der Waals surface area (Å²) < 4.78 is 0. The summed E-state index contributed by atoms with van der Waals surface area (Å²) in [6.07, 6.45) is 9.58. The molecule has 0 saturated heterocycles. The van der Waals surface area contributed by atoms with E-state index in [1.54, 1.807) is 12.2 Å². The molecule has 0 heterocycles. The minimum atomic E-state index is -0.798. The van der Waals surface area contributed by atoms with Crippen molar-refractivity contribution in [1.82, 2.24) is 0 Å². The zero-order valence-corrected chi connectivity index (χ0v) is 13.9. The van der Waals surface area contributed by atoms with Crippen LogP contribution in [0, 0.1) is 23.2 Å². The number of carbonyl (C=O) groups is 2. The fraction of sp³-hybridized carbons (Fsp3) is 0.684. The van der Waals surface area contributed by atoms with Crippen molar-refractivity contribution in [2.45, 2.75) is 58.0 Å². The lowest BCUT2D eigenvalue weighted by Gasteiger charge is -2.56. The predicted octanol–water partition coefficient (Wildman–Crippen LogP) is 3.11. The van der Waals surface area contributed by atoms with Crippen LogP contribution in [0.1, 0.15) is 52.4 Å². The number of carbonyl (C=O) groups excluding carboxylic acids is 1. The number of carboxylic acid groups (broad SMARTS) is 1. The van der Waals surface area contributed by atoms with E-state index in [4.69, 9.17) is 5.11 Å². The van der Waals surface area contributed by atoms with Crippen LogP contribution < -0.4 is 0 Å². The van der Waals surface area contributed by atoms with Gasteiger partial charge in [-0.1, -0.05) is 18.6 Å². The monoisotopic (exact) mass is 318 g/mol. The van der Waals surface area contributed by atoms with Gasteiger partial charge in [0.15, 0.2) is 5.78 Å². The van der Waals surface area contributed by atoms with Gasteiger partial charge < -0.3 is 10.2 Å². The van der Waals surface area contributed by atoms with Gasteiger partial charge in [-0.25, -0.2) is 0 Å². The first kappa shape index (κ1) is 16.4. The van der Waals surface area contributed by atoms with Gasteiger partial charge in [-0.2, -0.15) is 0 Å². The normalized spacial score (nSPS) is 42.7. The summed E-state index contributed by atoms with van der Waals surface area (Å²) in [5, 5.41) is 19.9.